The van der Waals surface area contributed by atoms with Gasteiger partial charge in [-0.1, -0.05) is 24.8 Å². The molecule has 0 aliphatic carbocycles. The Bertz CT molecular complexity index is 798. The fourth-order valence-electron chi connectivity index (χ4n) is 2.06. The average Bonchev–Trinajstić information content (AvgIpc) is 2.64. The molecule has 0 saturated carbocycles. The van der Waals surface area contributed by atoms with Crippen molar-refractivity contribution in [3.8, 4) is 17.6 Å². The summed E-state index contributed by atoms with van der Waals surface area (Å²) < 4.78 is 10.5. The minimum absolute atomic E-state index is 0.0565. The molecule has 24 heavy (non-hydrogen) atoms. The van der Waals surface area contributed by atoms with Gasteiger partial charge in [0.25, 0.3) is 0 Å². The molecule has 0 heterocycles. The summed E-state index contributed by atoms with van der Waals surface area (Å²) in [5, 5.41) is 9.32. The van der Waals surface area contributed by atoms with Crippen LogP contribution in [0.25, 0.3) is 6.08 Å². The van der Waals surface area contributed by atoms with Gasteiger partial charge in [-0.25, -0.2) is 0 Å². The molecule has 4 heteroatoms. The smallest absolute Gasteiger partial charge is 0.203 e. The number of carbonyl (C=O) groups is 1. The third-order valence-electron chi connectivity index (χ3n) is 3.25. The summed E-state index contributed by atoms with van der Waals surface area (Å²) in [4.78, 5) is 12.5. The van der Waals surface area contributed by atoms with Crippen LogP contribution >= 0.6 is 0 Å². The van der Waals surface area contributed by atoms with Gasteiger partial charge in [-0.15, -0.1) is 0 Å². The number of carbonyl (C=O) groups excluding carboxylic acids is 1. The van der Waals surface area contributed by atoms with Crippen molar-refractivity contribution in [2.24, 2.45) is 0 Å². The zero-order valence-electron chi connectivity index (χ0n) is 13.4. The van der Waals surface area contributed by atoms with Crippen molar-refractivity contribution < 1.29 is 14.3 Å². The van der Waals surface area contributed by atoms with Gasteiger partial charge in [0.2, 0.25) is 5.78 Å². The first-order chi connectivity index (χ1) is 11.7. The number of hydrogen-bond acceptors (Lipinski definition) is 4. The van der Waals surface area contributed by atoms with E-state index in [1.807, 2.05) is 6.07 Å². The molecule has 0 N–H and O–H groups in total. The fraction of sp³-hybridized carbons (Fsp3) is 0.100. The van der Waals surface area contributed by atoms with Gasteiger partial charge in [-0.3, -0.25) is 4.79 Å². The molecule has 0 amide bonds. The summed E-state index contributed by atoms with van der Waals surface area (Å²) in [6.07, 6.45) is 3.20. The Morgan fingerprint density at radius 1 is 1.21 bits per heavy atom. The first kappa shape index (κ1) is 17.0. The number of methoxy groups -OCH3 is 1. The molecule has 2 rings (SSSR count). The number of nitriles is 1. The maximum Gasteiger partial charge on any atom is 0.203 e. The number of hydrogen-bond donors (Lipinski definition) is 0. The minimum Gasteiger partial charge on any atom is -0.497 e. The Kier molecular flexibility index (Phi) is 5.93. The molecule has 0 aliphatic heterocycles. The van der Waals surface area contributed by atoms with E-state index >= 15 is 0 Å². The number of ketones is 1. The molecule has 0 fully saturated rings. The van der Waals surface area contributed by atoms with Crippen molar-refractivity contribution in [1.29, 1.82) is 5.26 Å². The monoisotopic (exact) mass is 319 g/mol. The Hall–Kier alpha value is -3.32. The molecule has 120 valence electrons. The Morgan fingerprint density at radius 3 is 2.58 bits per heavy atom. The van der Waals surface area contributed by atoms with Crippen molar-refractivity contribution in [2.75, 3.05) is 13.7 Å². The van der Waals surface area contributed by atoms with Gasteiger partial charge < -0.3 is 9.47 Å². The third-order valence-corrected chi connectivity index (χ3v) is 3.25. The molecular weight excluding hydrogens is 302 g/mol. The van der Waals surface area contributed by atoms with E-state index in [2.05, 4.69) is 6.58 Å². The van der Waals surface area contributed by atoms with Crippen LogP contribution in [0.15, 0.2) is 66.8 Å². The summed E-state index contributed by atoms with van der Waals surface area (Å²) in [6.45, 7) is 3.99. The van der Waals surface area contributed by atoms with Crippen LogP contribution in [0.3, 0.4) is 0 Å². The van der Waals surface area contributed by atoms with Crippen LogP contribution in [-0.4, -0.2) is 19.5 Å². The summed E-state index contributed by atoms with van der Waals surface area (Å²) in [5.74, 6) is 0.969. The highest BCUT2D eigenvalue weighted by atomic mass is 16.5. The highest BCUT2D eigenvalue weighted by Crippen LogP contribution is 2.19. The molecule has 0 aromatic heterocycles. The lowest BCUT2D eigenvalue weighted by Gasteiger charge is -2.05. The van der Waals surface area contributed by atoms with Crippen LogP contribution < -0.4 is 9.47 Å². The molecule has 2 aromatic carbocycles. The zero-order valence-corrected chi connectivity index (χ0v) is 13.4. The number of rotatable bonds is 7. The molecule has 0 atom stereocenters. The average molecular weight is 319 g/mol. The van der Waals surface area contributed by atoms with E-state index in [0.29, 0.717) is 23.7 Å². The molecule has 0 aliphatic rings. The van der Waals surface area contributed by atoms with Crippen LogP contribution in [0.4, 0.5) is 0 Å². The minimum atomic E-state index is -0.336. The van der Waals surface area contributed by atoms with Crippen molar-refractivity contribution in [3.05, 3.63) is 77.9 Å². The lowest BCUT2D eigenvalue weighted by Crippen LogP contribution is -2.02. The van der Waals surface area contributed by atoms with E-state index in [1.165, 1.54) is 0 Å². The summed E-state index contributed by atoms with van der Waals surface area (Å²) in [7, 11) is 1.55. The van der Waals surface area contributed by atoms with Gasteiger partial charge in [-0.05, 0) is 48.0 Å². The summed E-state index contributed by atoms with van der Waals surface area (Å²) in [5.41, 5.74) is 1.21. The summed E-state index contributed by atoms with van der Waals surface area (Å²) >= 11 is 0. The van der Waals surface area contributed by atoms with Gasteiger partial charge in [-0.2, -0.15) is 5.26 Å². The largest absolute Gasteiger partial charge is 0.497 e. The molecule has 0 radical (unpaired) electrons. The van der Waals surface area contributed by atoms with Gasteiger partial charge in [0.15, 0.2) is 0 Å². The fourth-order valence-corrected chi connectivity index (χ4v) is 2.06. The number of benzene rings is 2. The Balaban J connectivity index is 2.26. The molecule has 0 unspecified atom stereocenters. The van der Waals surface area contributed by atoms with E-state index in [-0.39, 0.29) is 11.4 Å². The normalized spacial score (nSPS) is 10.6. The second-order valence-corrected chi connectivity index (χ2v) is 4.90. The highest BCUT2D eigenvalue weighted by Gasteiger charge is 2.12. The highest BCUT2D eigenvalue weighted by molar-refractivity contribution is 6.14. The van der Waals surface area contributed by atoms with Gasteiger partial charge in [0.1, 0.15) is 29.7 Å². The molecular formula is C20H17NO3. The van der Waals surface area contributed by atoms with Crippen LogP contribution in [0, 0.1) is 11.3 Å². The second-order valence-electron chi connectivity index (χ2n) is 4.90. The Labute approximate surface area is 141 Å². The number of Topliss-reactive ketones (excluding diaryl/α,β-unsaturated/α-hetero) is 1. The van der Waals surface area contributed by atoms with Crippen molar-refractivity contribution in [3.63, 3.8) is 0 Å². The maximum absolute atomic E-state index is 12.5. The number of allylic oxidation sites excluding steroid dienone is 1. The van der Waals surface area contributed by atoms with Gasteiger partial charge in [0.05, 0.1) is 7.11 Å². The molecule has 0 bridgehead atoms. The lowest BCUT2D eigenvalue weighted by molar-refractivity contribution is 0.104. The van der Waals surface area contributed by atoms with Gasteiger partial charge >= 0.3 is 0 Å². The Morgan fingerprint density at radius 2 is 1.96 bits per heavy atom. The van der Waals surface area contributed by atoms with E-state index in [0.717, 1.165) is 5.56 Å². The van der Waals surface area contributed by atoms with Gasteiger partial charge in [0, 0.05) is 5.56 Å². The van der Waals surface area contributed by atoms with E-state index < -0.39 is 0 Å². The second kappa shape index (κ2) is 8.35. The number of ether oxygens (including phenoxy) is 2. The topological polar surface area (TPSA) is 59.3 Å². The van der Waals surface area contributed by atoms with Crippen LogP contribution in [0.2, 0.25) is 0 Å². The molecule has 0 saturated heterocycles. The van der Waals surface area contributed by atoms with Crippen LogP contribution in [0.1, 0.15) is 15.9 Å². The first-order valence-electron chi connectivity index (χ1n) is 7.32. The van der Waals surface area contributed by atoms with Crippen LogP contribution in [-0.2, 0) is 0 Å². The molecule has 2 aromatic rings. The molecule has 4 nitrogen and oxygen atoms in total. The van der Waals surface area contributed by atoms with Crippen molar-refractivity contribution in [2.45, 2.75) is 0 Å². The number of nitrogens with zero attached hydrogens (tertiary/aromatic N) is 1. The standard InChI is InChI=1S/C20H17NO3/c1-3-11-24-19-6-4-5-15(13-19)12-17(14-21)20(22)16-7-9-18(23-2)10-8-16/h3-10,12-13H,1,11H2,2H3/b17-12+. The maximum atomic E-state index is 12.5. The van der Waals surface area contributed by atoms with Crippen molar-refractivity contribution >= 4 is 11.9 Å². The van der Waals surface area contributed by atoms with Crippen molar-refractivity contribution in [1.82, 2.24) is 0 Å². The van der Waals surface area contributed by atoms with E-state index in [9.17, 15) is 10.1 Å². The molecule has 0 spiro atoms. The quantitative estimate of drug-likeness (QED) is 0.334. The SMILES string of the molecule is C=CCOc1cccc(/C=C(\C#N)C(=O)c2ccc(OC)cc2)c1. The predicted molar refractivity (Wildman–Crippen MR) is 93.0 cm³/mol. The lowest BCUT2D eigenvalue weighted by atomic mass is 10.0. The van der Waals surface area contributed by atoms with E-state index in [4.69, 9.17) is 9.47 Å². The van der Waals surface area contributed by atoms with Crippen LogP contribution in [0.5, 0.6) is 11.5 Å². The zero-order chi connectivity index (χ0) is 17.4. The third kappa shape index (κ3) is 4.34. The first-order valence-corrected chi connectivity index (χ1v) is 7.32. The predicted octanol–water partition coefficient (Wildman–Crippen LogP) is 4.05. The van der Waals surface area contributed by atoms with E-state index in [1.54, 1.807) is 67.8 Å². The summed E-state index contributed by atoms with van der Waals surface area (Å²) in [6, 6.07) is 15.8.